The molecule has 7 heteroatoms. The average molecular weight is 429 g/mol. The van der Waals surface area contributed by atoms with Crippen molar-refractivity contribution in [1.29, 1.82) is 0 Å². The Kier molecular flexibility index (Phi) is 5.51. The van der Waals surface area contributed by atoms with Crippen molar-refractivity contribution in [2.24, 2.45) is 16.9 Å². The summed E-state index contributed by atoms with van der Waals surface area (Å²) >= 11 is 3.30. The van der Waals surface area contributed by atoms with Crippen LogP contribution in [0, 0.1) is 11.8 Å². The molecule has 2 aromatic rings. The monoisotopic (exact) mass is 428 g/mol. The zero-order chi connectivity index (χ0) is 19.6. The van der Waals surface area contributed by atoms with Crippen LogP contribution in [0.3, 0.4) is 0 Å². The number of para-hydroxylation sites is 1. The van der Waals surface area contributed by atoms with Crippen molar-refractivity contribution in [3.63, 3.8) is 0 Å². The van der Waals surface area contributed by atoms with E-state index in [0.717, 1.165) is 4.47 Å². The normalized spacial score (nSPS) is 17.6. The molecule has 0 radical (unpaired) electrons. The Morgan fingerprint density at radius 1 is 1.15 bits per heavy atom. The Hall–Kier alpha value is -2.80. The number of hydrogen-bond acceptors (Lipinski definition) is 4. The highest BCUT2D eigenvalue weighted by molar-refractivity contribution is 9.10. The van der Waals surface area contributed by atoms with Crippen LogP contribution in [-0.4, -0.2) is 28.5 Å². The summed E-state index contributed by atoms with van der Waals surface area (Å²) in [7, 11) is 0. The molecule has 0 aromatic heterocycles. The Morgan fingerprint density at radius 2 is 1.78 bits per heavy atom. The van der Waals surface area contributed by atoms with Gasteiger partial charge in [0.25, 0.3) is 5.91 Å². The van der Waals surface area contributed by atoms with E-state index in [-0.39, 0.29) is 12.2 Å². The van der Waals surface area contributed by atoms with E-state index in [9.17, 15) is 19.5 Å². The predicted octanol–water partition coefficient (Wildman–Crippen LogP) is 3.76. The number of Topliss-reactive ketones (excluding diaryl/α,β-unsaturated/α-hetero) is 1. The Bertz CT molecular complexity index is 909. The SMILES string of the molecule is CC1=NN(c2ccccc2)C(=O)[C@@H]1[C@@H](CC(=O)c1ccc(Br)cc1)C(=O)O. The summed E-state index contributed by atoms with van der Waals surface area (Å²) in [5.74, 6) is -4.10. The van der Waals surface area contributed by atoms with Gasteiger partial charge in [-0.3, -0.25) is 14.4 Å². The fourth-order valence-electron chi connectivity index (χ4n) is 3.10. The summed E-state index contributed by atoms with van der Waals surface area (Å²) in [6, 6.07) is 15.5. The van der Waals surface area contributed by atoms with Crippen LogP contribution in [-0.2, 0) is 9.59 Å². The van der Waals surface area contributed by atoms with Gasteiger partial charge in [-0.15, -0.1) is 0 Å². The summed E-state index contributed by atoms with van der Waals surface area (Å²) < 4.78 is 0.821. The van der Waals surface area contributed by atoms with Crippen molar-refractivity contribution in [3.8, 4) is 0 Å². The molecule has 0 spiro atoms. The van der Waals surface area contributed by atoms with Gasteiger partial charge in [-0.05, 0) is 31.2 Å². The second-order valence-electron chi connectivity index (χ2n) is 6.28. The van der Waals surface area contributed by atoms with Crippen molar-refractivity contribution < 1.29 is 19.5 Å². The van der Waals surface area contributed by atoms with Gasteiger partial charge in [0.15, 0.2) is 5.78 Å². The molecule has 2 aromatic carbocycles. The summed E-state index contributed by atoms with van der Waals surface area (Å²) in [6.07, 6.45) is -0.275. The second-order valence-corrected chi connectivity index (χ2v) is 7.20. The van der Waals surface area contributed by atoms with E-state index in [1.165, 1.54) is 5.01 Å². The molecular weight excluding hydrogens is 412 g/mol. The predicted molar refractivity (Wildman–Crippen MR) is 105 cm³/mol. The van der Waals surface area contributed by atoms with Crippen molar-refractivity contribution in [2.45, 2.75) is 13.3 Å². The Balaban J connectivity index is 1.84. The van der Waals surface area contributed by atoms with E-state index in [4.69, 9.17) is 0 Å². The summed E-state index contributed by atoms with van der Waals surface area (Å²) in [4.78, 5) is 37.3. The van der Waals surface area contributed by atoms with Gasteiger partial charge in [-0.1, -0.05) is 46.3 Å². The third kappa shape index (κ3) is 3.98. The highest BCUT2D eigenvalue weighted by atomic mass is 79.9. The third-order valence-corrected chi connectivity index (χ3v) is 5.00. The van der Waals surface area contributed by atoms with Gasteiger partial charge in [-0.25, -0.2) is 5.01 Å². The van der Waals surface area contributed by atoms with Crippen LogP contribution in [0.4, 0.5) is 5.69 Å². The van der Waals surface area contributed by atoms with E-state index < -0.39 is 23.7 Å². The number of carboxylic acids is 1. The molecule has 0 saturated heterocycles. The molecule has 1 aliphatic heterocycles. The lowest BCUT2D eigenvalue weighted by Gasteiger charge is -2.19. The molecule has 0 aliphatic carbocycles. The van der Waals surface area contributed by atoms with Crippen LogP contribution in [0.25, 0.3) is 0 Å². The Labute approximate surface area is 164 Å². The van der Waals surface area contributed by atoms with Gasteiger partial charge >= 0.3 is 5.97 Å². The molecule has 0 bridgehead atoms. The topological polar surface area (TPSA) is 87.0 Å². The largest absolute Gasteiger partial charge is 0.481 e. The first-order valence-electron chi connectivity index (χ1n) is 8.34. The number of ketones is 1. The maximum Gasteiger partial charge on any atom is 0.308 e. The molecule has 138 valence electrons. The van der Waals surface area contributed by atoms with Crippen LogP contribution in [0.2, 0.25) is 0 Å². The second kappa shape index (κ2) is 7.84. The van der Waals surface area contributed by atoms with E-state index in [1.807, 2.05) is 6.07 Å². The first kappa shape index (κ1) is 19.0. The van der Waals surface area contributed by atoms with Crippen molar-refractivity contribution in [1.82, 2.24) is 0 Å². The molecule has 1 N–H and O–H groups in total. The van der Waals surface area contributed by atoms with Crippen molar-refractivity contribution >= 4 is 45.0 Å². The lowest BCUT2D eigenvalue weighted by atomic mass is 9.83. The average Bonchev–Trinajstić information content (AvgIpc) is 2.95. The number of aliphatic carboxylic acids is 1. The van der Waals surface area contributed by atoms with E-state index in [1.54, 1.807) is 55.5 Å². The molecule has 0 unspecified atom stereocenters. The maximum atomic E-state index is 12.9. The number of hydrazone groups is 1. The lowest BCUT2D eigenvalue weighted by molar-refractivity contribution is -0.144. The van der Waals surface area contributed by atoms with Crippen molar-refractivity contribution in [3.05, 3.63) is 64.6 Å². The highest BCUT2D eigenvalue weighted by Crippen LogP contribution is 2.31. The third-order valence-electron chi connectivity index (χ3n) is 4.47. The van der Waals surface area contributed by atoms with Gasteiger partial charge in [-0.2, -0.15) is 5.10 Å². The quantitative estimate of drug-likeness (QED) is 0.709. The Morgan fingerprint density at radius 3 is 2.37 bits per heavy atom. The number of nitrogens with zero attached hydrogens (tertiary/aromatic N) is 2. The zero-order valence-electron chi connectivity index (χ0n) is 14.5. The number of hydrogen-bond donors (Lipinski definition) is 1. The summed E-state index contributed by atoms with van der Waals surface area (Å²) in [5, 5.41) is 15.1. The fraction of sp³-hybridized carbons (Fsp3) is 0.200. The molecule has 0 fully saturated rings. The van der Waals surface area contributed by atoms with Crippen LogP contribution in [0.5, 0.6) is 0 Å². The van der Waals surface area contributed by atoms with Crippen LogP contribution in [0.15, 0.2) is 64.2 Å². The number of carboxylic acid groups (broad SMARTS) is 1. The number of carbonyl (C=O) groups excluding carboxylic acids is 2. The van der Waals surface area contributed by atoms with Crippen LogP contribution < -0.4 is 5.01 Å². The fourth-order valence-corrected chi connectivity index (χ4v) is 3.36. The number of anilines is 1. The smallest absolute Gasteiger partial charge is 0.308 e. The van der Waals surface area contributed by atoms with Gasteiger partial charge in [0.2, 0.25) is 0 Å². The molecule has 1 heterocycles. The molecule has 0 saturated carbocycles. The minimum atomic E-state index is -1.19. The van der Waals surface area contributed by atoms with E-state index >= 15 is 0 Å². The number of amides is 1. The standard InChI is InChI=1S/C20H17BrN2O4/c1-12-18(19(25)23(22-12)15-5-3-2-4-6-15)16(20(26)27)11-17(24)13-7-9-14(21)10-8-13/h2-10,16,18H,11H2,1H3,(H,26,27)/t16-,18+/m1/s1. The maximum absolute atomic E-state index is 12.9. The molecule has 2 atom stereocenters. The lowest BCUT2D eigenvalue weighted by Crippen LogP contribution is -2.37. The molecule has 3 rings (SSSR count). The molecule has 6 nitrogen and oxygen atoms in total. The van der Waals surface area contributed by atoms with Gasteiger partial charge in [0.1, 0.15) is 0 Å². The molecular formula is C20H17BrN2O4. The number of benzene rings is 2. The molecule has 1 aliphatic rings. The van der Waals surface area contributed by atoms with Gasteiger partial charge in [0, 0.05) is 22.2 Å². The summed E-state index contributed by atoms with van der Waals surface area (Å²) in [5.41, 5.74) is 1.36. The highest BCUT2D eigenvalue weighted by Gasteiger charge is 2.44. The van der Waals surface area contributed by atoms with Gasteiger partial charge in [0.05, 0.1) is 17.5 Å². The van der Waals surface area contributed by atoms with Crippen molar-refractivity contribution in [2.75, 3.05) is 5.01 Å². The summed E-state index contributed by atoms with van der Waals surface area (Å²) in [6.45, 7) is 1.62. The molecule has 27 heavy (non-hydrogen) atoms. The number of carbonyl (C=O) groups is 3. The first-order valence-corrected chi connectivity index (χ1v) is 9.13. The zero-order valence-corrected chi connectivity index (χ0v) is 16.1. The van der Waals surface area contributed by atoms with Crippen LogP contribution in [0.1, 0.15) is 23.7 Å². The van der Waals surface area contributed by atoms with E-state index in [0.29, 0.717) is 17.0 Å². The van der Waals surface area contributed by atoms with Gasteiger partial charge < -0.3 is 5.11 Å². The van der Waals surface area contributed by atoms with Crippen LogP contribution >= 0.6 is 15.9 Å². The number of halogens is 1. The van der Waals surface area contributed by atoms with E-state index in [2.05, 4.69) is 21.0 Å². The molecule has 1 amide bonds. The number of rotatable bonds is 6. The minimum absolute atomic E-state index is 0.275. The minimum Gasteiger partial charge on any atom is -0.481 e. The first-order chi connectivity index (χ1) is 12.9.